The van der Waals surface area contributed by atoms with Gasteiger partial charge in [-0.15, -0.1) is 0 Å². The van der Waals surface area contributed by atoms with Crippen molar-refractivity contribution in [2.75, 3.05) is 39.3 Å². The SMILES string of the molecule is CC1C2CCC3C(C2)c2oc4ccc(O)cc4c2CCN13.CC1C2CCC3C(C2)c2oc4ccc(O)cc4c2CCN13.CCC1(C)CC2CC3c4oc5ccc(O)cc5c4CCN(C2)C31C.CCC1CC2CC3c4oc5ccc(O)cc5c4CCN(C2)C13C. The maximum absolute atomic E-state index is 9.93. The maximum Gasteiger partial charge on any atom is 0.134 e. The van der Waals surface area contributed by atoms with Gasteiger partial charge in [-0.2, -0.15) is 0 Å². The fourth-order valence-corrected chi connectivity index (χ4v) is 22.6. The Morgan fingerprint density at radius 3 is 1.36 bits per heavy atom. The second-order valence-corrected chi connectivity index (χ2v) is 31.0. The predicted octanol–water partition coefficient (Wildman–Crippen LogP) is 16.3. The van der Waals surface area contributed by atoms with Crippen LogP contribution in [0.4, 0.5) is 0 Å². The average Bonchev–Trinajstić information content (AvgIpc) is 1.94. The van der Waals surface area contributed by atoms with Crippen molar-refractivity contribution in [2.24, 2.45) is 35.0 Å². The number of phenolic OH excluding ortho intramolecular Hbond substituents is 4. The fourth-order valence-electron chi connectivity index (χ4n) is 22.6. The van der Waals surface area contributed by atoms with E-state index in [1.807, 2.05) is 48.5 Å². The molecule has 12 aliphatic heterocycles. The highest BCUT2D eigenvalue weighted by Crippen LogP contribution is 2.64. The Morgan fingerprint density at radius 2 is 0.888 bits per heavy atom. The summed E-state index contributed by atoms with van der Waals surface area (Å²) in [4.78, 5) is 11.0. The molecule has 89 heavy (non-hydrogen) atoms. The molecule has 8 aromatic rings. The minimum absolute atomic E-state index is 0.178. The van der Waals surface area contributed by atoms with Crippen LogP contribution in [0.25, 0.3) is 43.9 Å². The number of benzene rings is 4. The summed E-state index contributed by atoms with van der Waals surface area (Å²) in [5.74, 6) is 12.4. The first-order valence-electron chi connectivity index (χ1n) is 35.0. The summed E-state index contributed by atoms with van der Waals surface area (Å²) in [6.45, 7) is 24.0. The zero-order valence-corrected chi connectivity index (χ0v) is 53.7. The van der Waals surface area contributed by atoms with Crippen LogP contribution in [0.2, 0.25) is 0 Å². The van der Waals surface area contributed by atoms with Gasteiger partial charge in [0.15, 0.2) is 0 Å². The summed E-state index contributed by atoms with van der Waals surface area (Å²) in [5.41, 5.74) is 9.95. The van der Waals surface area contributed by atoms with Gasteiger partial charge in [0.2, 0.25) is 0 Å². The Kier molecular flexibility index (Phi) is 13.3. The molecule has 470 valence electrons. The number of rotatable bonds is 2. The maximum atomic E-state index is 9.93. The summed E-state index contributed by atoms with van der Waals surface area (Å²) in [6.07, 6.45) is 19.9. The van der Waals surface area contributed by atoms with Crippen LogP contribution in [0, 0.1) is 35.0 Å². The Hall–Kier alpha value is -5.92. The van der Waals surface area contributed by atoms with E-state index in [-0.39, 0.29) is 11.1 Å². The molecule has 4 N–H and O–H groups in total. The van der Waals surface area contributed by atoms with Crippen LogP contribution >= 0.6 is 0 Å². The molecule has 16 heterocycles. The molecule has 0 radical (unpaired) electrons. The minimum atomic E-state index is 0.178. The molecule has 0 amide bonds. The van der Waals surface area contributed by atoms with Crippen LogP contribution in [0.15, 0.2) is 90.5 Å². The average molecular weight is 1200 g/mol. The lowest BCUT2D eigenvalue weighted by atomic mass is 9.50. The van der Waals surface area contributed by atoms with Gasteiger partial charge in [0.1, 0.15) is 68.4 Å². The van der Waals surface area contributed by atoms with Crippen LogP contribution in [-0.2, 0) is 25.7 Å². The lowest BCUT2D eigenvalue weighted by Gasteiger charge is -2.65. The number of hydrogen-bond donors (Lipinski definition) is 4. The highest BCUT2D eigenvalue weighted by Gasteiger charge is 2.63. The lowest BCUT2D eigenvalue weighted by Crippen LogP contribution is -2.68. The third-order valence-corrected chi connectivity index (χ3v) is 27.5. The van der Waals surface area contributed by atoms with Gasteiger partial charge >= 0.3 is 0 Å². The number of furan rings is 4. The van der Waals surface area contributed by atoms with Crippen molar-refractivity contribution in [3.8, 4) is 23.0 Å². The van der Waals surface area contributed by atoms with E-state index in [0.717, 1.165) is 137 Å². The van der Waals surface area contributed by atoms with Gasteiger partial charge in [0.05, 0.1) is 0 Å². The summed E-state index contributed by atoms with van der Waals surface area (Å²) in [6, 6.07) is 24.9. The van der Waals surface area contributed by atoms with Crippen molar-refractivity contribution in [2.45, 2.75) is 210 Å². The minimum Gasteiger partial charge on any atom is -0.508 e. The monoisotopic (exact) mass is 1200 g/mol. The summed E-state index contributed by atoms with van der Waals surface area (Å²) >= 11 is 0. The van der Waals surface area contributed by atoms with Crippen LogP contribution in [0.5, 0.6) is 23.0 Å². The van der Waals surface area contributed by atoms with E-state index in [0.29, 0.717) is 64.2 Å². The third-order valence-electron chi connectivity index (χ3n) is 27.5. The van der Waals surface area contributed by atoms with E-state index in [1.165, 1.54) is 135 Å². The van der Waals surface area contributed by atoms with Crippen LogP contribution in [0.1, 0.15) is 194 Å². The van der Waals surface area contributed by atoms with Gasteiger partial charge in [-0.05, 0) is 232 Å². The number of nitrogens with zero attached hydrogens (tertiary/aromatic N) is 4. The summed E-state index contributed by atoms with van der Waals surface area (Å²) in [7, 11) is 0. The molecule has 0 spiro atoms. The lowest BCUT2D eigenvalue weighted by molar-refractivity contribution is -0.139. The zero-order valence-electron chi connectivity index (χ0n) is 53.7. The number of aromatic hydroxyl groups is 4. The Morgan fingerprint density at radius 1 is 0.472 bits per heavy atom. The molecule has 12 heteroatoms. The molecule has 16 bridgehead atoms. The van der Waals surface area contributed by atoms with E-state index in [1.54, 1.807) is 24.3 Å². The molecule has 4 aromatic carbocycles. The first-order valence-corrected chi connectivity index (χ1v) is 35.0. The quantitative estimate of drug-likeness (QED) is 0.131. The first-order chi connectivity index (χ1) is 43.0. The molecule has 16 aliphatic rings. The molecule has 12 fully saturated rings. The van der Waals surface area contributed by atoms with Crippen molar-refractivity contribution in [3.05, 3.63) is 118 Å². The molecular formula is C77H94N4O8. The molecule has 24 rings (SSSR count). The zero-order chi connectivity index (χ0) is 60.7. The second kappa shape index (κ2) is 20.8. The Bertz CT molecular complexity index is 3950. The van der Waals surface area contributed by atoms with Gasteiger partial charge in [-0.25, -0.2) is 0 Å². The van der Waals surface area contributed by atoms with E-state index in [2.05, 4.69) is 68.1 Å². The fraction of sp³-hybridized carbons (Fsp3) is 0.584. The van der Waals surface area contributed by atoms with Crippen molar-refractivity contribution >= 4 is 43.9 Å². The van der Waals surface area contributed by atoms with Gasteiger partial charge in [-0.1, -0.05) is 27.2 Å². The van der Waals surface area contributed by atoms with Crippen LogP contribution < -0.4 is 0 Å². The van der Waals surface area contributed by atoms with Crippen molar-refractivity contribution in [3.63, 3.8) is 0 Å². The molecule has 12 nitrogen and oxygen atoms in total. The van der Waals surface area contributed by atoms with Crippen molar-refractivity contribution in [1.82, 2.24) is 19.6 Å². The smallest absolute Gasteiger partial charge is 0.134 e. The van der Waals surface area contributed by atoms with Gasteiger partial charge < -0.3 is 38.1 Å². The third kappa shape index (κ3) is 8.48. The number of hydrogen-bond acceptors (Lipinski definition) is 12. The van der Waals surface area contributed by atoms with Crippen molar-refractivity contribution < 1.29 is 38.1 Å². The van der Waals surface area contributed by atoms with E-state index in [4.69, 9.17) is 17.7 Å². The highest BCUT2D eigenvalue weighted by atomic mass is 16.4. The second-order valence-electron chi connectivity index (χ2n) is 31.0. The van der Waals surface area contributed by atoms with Gasteiger partial charge in [0, 0.05) is 142 Å². The van der Waals surface area contributed by atoms with Gasteiger partial charge in [0.25, 0.3) is 0 Å². The van der Waals surface area contributed by atoms with Crippen LogP contribution in [0.3, 0.4) is 0 Å². The highest BCUT2D eigenvalue weighted by molar-refractivity contribution is 5.87. The number of phenols is 4. The number of piperidine rings is 8. The predicted molar refractivity (Wildman–Crippen MR) is 349 cm³/mol. The largest absolute Gasteiger partial charge is 0.508 e. The summed E-state index contributed by atoms with van der Waals surface area (Å²) < 4.78 is 25.3. The molecule has 4 aliphatic carbocycles. The Labute approximate surface area is 524 Å². The molecule has 4 aromatic heterocycles. The molecular weight excluding hydrogens is 1110 g/mol. The first kappa shape index (κ1) is 57.0. The van der Waals surface area contributed by atoms with Gasteiger partial charge in [-0.3, -0.25) is 19.6 Å². The molecule has 8 saturated heterocycles. The van der Waals surface area contributed by atoms with Crippen LogP contribution in [-0.4, -0.2) is 115 Å². The Balaban J connectivity index is 0.0000000919. The molecule has 20 unspecified atom stereocenters. The van der Waals surface area contributed by atoms with E-state index >= 15 is 0 Å². The normalized spacial score (nSPS) is 38.6. The summed E-state index contributed by atoms with van der Waals surface area (Å²) in [5, 5.41) is 43.9. The molecule has 4 saturated carbocycles. The number of fused-ring (bicyclic) bond motifs is 16. The standard InChI is InChI=1S/C21H27NO2.C20H25NO2.2C18H21NO2/c1-4-20(2)11-13-9-17-19-15(7-8-22(12-13)21(17,20)3)16-10-14(23)5-6-18(16)24-19;1-3-13-8-12-9-17-19-15(6-7-21(11-12)20(13,17)2)16-10-14(22)4-5-18(16)23-19;2*1-10-11-2-4-16-15(8-11)18-13(6-7-19(10)16)14-9-12(20)3-5-17(14)21-18/h5-6,10,13,17,23H,4,7-9,11-12H2,1-3H3;4-5,10,12-13,17,22H,3,6-9,11H2,1-2H3;2*3,5,9-11,15-16,20H,2,4,6-8H2,1H3. The van der Waals surface area contributed by atoms with Crippen molar-refractivity contribution in [1.29, 1.82) is 0 Å². The topological polar surface area (TPSA) is 146 Å². The molecule has 20 atom stereocenters. The van der Waals surface area contributed by atoms with E-state index < -0.39 is 0 Å². The van der Waals surface area contributed by atoms with E-state index in [9.17, 15) is 20.4 Å².